The summed E-state index contributed by atoms with van der Waals surface area (Å²) in [6.45, 7) is 4.30. The van der Waals surface area contributed by atoms with Crippen LogP contribution in [-0.4, -0.2) is 29.7 Å². The van der Waals surface area contributed by atoms with Gasteiger partial charge in [0.2, 0.25) is 0 Å². The Balaban J connectivity index is 2.19. The number of hydrogen-bond donors (Lipinski definition) is 3. The van der Waals surface area contributed by atoms with Crippen LogP contribution >= 0.6 is 0 Å². The van der Waals surface area contributed by atoms with E-state index in [1.807, 2.05) is 6.92 Å². The minimum absolute atomic E-state index is 0.134. The highest BCUT2D eigenvalue weighted by molar-refractivity contribution is 5.80. The third-order valence-corrected chi connectivity index (χ3v) is 3.26. The van der Waals surface area contributed by atoms with Crippen LogP contribution in [0, 0.1) is 5.41 Å². The quantitative estimate of drug-likeness (QED) is 0.636. The largest absolute Gasteiger partial charge is 0.481 e. The molecular formula is C12H22N2O3. The van der Waals surface area contributed by atoms with Crippen LogP contribution in [0.1, 0.15) is 46.0 Å². The topological polar surface area (TPSA) is 78.4 Å². The lowest BCUT2D eigenvalue weighted by Gasteiger charge is -2.16. The summed E-state index contributed by atoms with van der Waals surface area (Å²) in [6.07, 6.45) is 4.46. The molecule has 0 aliphatic heterocycles. The minimum Gasteiger partial charge on any atom is -0.481 e. The Hall–Kier alpha value is -1.26. The smallest absolute Gasteiger partial charge is 0.315 e. The molecule has 0 bridgehead atoms. The van der Waals surface area contributed by atoms with Crippen molar-refractivity contribution in [3.63, 3.8) is 0 Å². The summed E-state index contributed by atoms with van der Waals surface area (Å²) in [7, 11) is 0. The first-order chi connectivity index (χ1) is 8.00. The molecule has 17 heavy (non-hydrogen) atoms. The van der Waals surface area contributed by atoms with E-state index < -0.39 is 11.4 Å². The van der Waals surface area contributed by atoms with Gasteiger partial charge < -0.3 is 15.7 Å². The van der Waals surface area contributed by atoms with Crippen molar-refractivity contribution in [3.05, 3.63) is 0 Å². The van der Waals surface area contributed by atoms with E-state index in [0.29, 0.717) is 12.8 Å². The molecule has 0 aromatic rings. The summed E-state index contributed by atoms with van der Waals surface area (Å²) in [4.78, 5) is 22.4. The molecule has 0 spiro atoms. The summed E-state index contributed by atoms with van der Waals surface area (Å²) in [6, 6.07) is -0.129. The van der Waals surface area contributed by atoms with Gasteiger partial charge >= 0.3 is 12.0 Å². The number of nitrogens with one attached hydrogen (secondary N) is 2. The predicted molar refractivity (Wildman–Crippen MR) is 64.8 cm³/mol. The molecule has 1 atom stereocenters. The van der Waals surface area contributed by atoms with Crippen LogP contribution in [0.5, 0.6) is 0 Å². The van der Waals surface area contributed by atoms with E-state index in [1.165, 1.54) is 0 Å². The van der Waals surface area contributed by atoms with E-state index in [4.69, 9.17) is 5.11 Å². The van der Waals surface area contributed by atoms with Gasteiger partial charge in [-0.3, -0.25) is 4.79 Å². The Morgan fingerprint density at radius 3 is 2.53 bits per heavy atom. The number of rotatable bonds is 7. The van der Waals surface area contributed by atoms with Gasteiger partial charge in [0, 0.05) is 12.6 Å². The molecule has 3 N–H and O–H groups in total. The predicted octanol–water partition coefficient (Wildman–Crippen LogP) is 1.73. The summed E-state index contributed by atoms with van der Waals surface area (Å²) in [5, 5.41) is 14.4. The van der Waals surface area contributed by atoms with E-state index in [9.17, 15) is 9.59 Å². The van der Waals surface area contributed by atoms with Crippen molar-refractivity contribution in [2.45, 2.75) is 52.0 Å². The van der Waals surface area contributed by atoms with E-state index in [-0.39, 0.29) is 18.6 Å². The molecule has 0 heterocycles. The maximum absolute atomic E-state index is 11.5. The molecule has 1 rings (SSSR count). The summed E-state index contributed by atoms with van der Waals surface area (Å²) in [5.41, 5.74) is -0.690. The lowest BCUT2D eigenvalue weighted by molar-refractivity contribution is -0.143. The number of amides is 2. The molecule has 0 aromatic heterocycles. The number of carbonyl (C=O) groups is 2. The van der Waals surface area contributed by atoms with Crippen molar-refractivity contribution in [2.24, 2.45) is 5.41 Å². The van der Waals surface area contributed by atoms with Crippen LogP contribution in [0.3, 0.4) is 0 Å². The first-order valence-corrected chi connectivity index (χ1v) is 6.28. The number of carbonyl (C=O) groups excluding carboxylic acids is 1. The van der Waals surface area contributed by atoms with Gasteiger partial charge in [-0.25, -0.2) is 4.79 Å². The van der Waals surface area contributed by atoms with Gasteiger partial charge in [0.05, 0.1) is 5.41 Å². The van der Waals surface area contributed by atoms with E-state index in [2.05, 4.69) is 17.6 Å². The van der Waals surface area contributed by atoms with Crippen molar-refractivity contribution in [3.8, 4) is 0 Å². The van der Waals surface area contributed by atoms with Crippen LogP contribution in [0.25, 0.3) is 0 Å². The Kier molecular flexibility index (Phi) is 4.78. The van der Waals surface area contributed by atoms with Crippen LogP contribution < -0.4 is 10.6 Å². The third-order valence-electron chi connectivity index (χ3n) is 3.26. The first kappa shape index (κ1) is 13.8. The van der Waals surface area contributed by atoms with Gasteiger partial charge in [-0.1, -0.05) is 19.8 Å². The zero-order valence-corrected chi connectivity index (χ0v) is 10.6. The standard InChI is InChI=1S/C12H22N2O3/c1-3-4-5-9(2)14-11(17)13-8-12(6-7-12)10(15)16/h9H,3-8H2,1-2H3,(H,15,16)(H2,13,14,17). The Morgan fingerprint density at radius 2 is 2.06 bits per heavy atom. The molecule has 5 heteroatoms. The maximum Gasteiger partial charge on any atom is 0.315 e. The zero-order valence-electron chi connectivity index (χ0n) is 10.6. The van der Waals surface area contributed by atoms with Crippen LogP contribution in [0.15, 0.2) is 0 Å². The highest BCUT2D eigenvalue weighted by atomic mass is 16.4. The molecular weight excluding hydrogens is 220 g/mol. The fourth-order valence-corrected chi connectivity index (χ4v) is 1.72. The number of carboxylic acids is 1. The van der Waals surface area contributed by atoms with Gasteiger partial charge in [0.25, 0.3) is 0 Å². The molecule has 0 radical (unpaired) electrons. The molecule has 2 amide bonds. The molecule has 1 unspecified atom stereocenters. The van der Waals surface area contributed by atoms with Gasteiger partial charge in [0.15, 0.2) is 0 Å². The average Bonchev–Trinajstić information content (AvgIpc) is 3.04. The van der Waals surface area contributed by atoms with Crippen molar-refractivity contribution in [1.29, 1.82) is 0 Å². The molecule has 1 fully saturated rings. The lowest BCUT2D eigenvalue weighted by atomic mass is 10.1. The Labute approximate surface area is 102 Å². The highest BCUT2D eigenvalue weighted by Crippen LogP contribution is 2.45. The summed E-state index contributed by atoms with van der Waals surface area (Å²) < 4.78 is 0. The minimum atomic E-state index is -0.808. The van der Waals surface area contributed by atoms with Gasteiger partial charge in [0.1, 0.15) is 0 Å². The van der Waals surface area contributed by atoms with Crippen molar-refractivity contribution >= 4 is 12.0 Å². The molecule has 1 aliphatic rings. The third kappa shape index (κ3) is 4.24. The summed E-state index contributed by atoms with van der Waals surface area (Å²) >= 11 is 0. The molecule has 5 nitrogen and oxygen atoms in total. The second kappa shape index (κ2) is 5.89. The molecule has 1 aliphatic carbocycles. The second-order valence-electron chi connectivity index (χ2n) is 4.96. The van der Waals surface area contributed by atoms with Crippen molar-refractivity contribution in [2.75, 3.05) is 6.54 Å². The molecule has 0 saturated heterocycles. The molecule has 98 valence electrons. The van der Waals surface area contributed by atoms with Crippen LogP contribution in [0.4, 0.5) is 4.79 Å². The van der Waals surface area contributed by atoms with E-state index >= 15 is 0 Å². The van der Waals surface area contributed by atoms with E-state index in [1.54, 1.807) is 0 Å². The van der Waals surface area contributed by atoms with Crippen LogP contribution in [0.2, 0.25) is 0 Å². The van der Waals surface area contributed by atoms with E-state index in [0.717, 1.165) is 19.3 Å². The van der Waals surface area contributed by atoms with Crippen molar-refractivity contribution < 1.29 is 14.7 Å². The molecule has 1 saturated carbocycles. The fourth-order valence-electron chi connectivity index (χ4n) is 1.72. The summed E-state index contributed by atoms with van der Waals surface area (Å²) in [5.74, 6) is -0.808. The van der Waals surface area contributed by atoms with Crippen molar-refractivity contribution in [1.82, 2.24) is 10.6 Å². The lowest BCUT2D eigenvalue weighted by Crippen LogP contribution is -2.44. The second-order valence-corrected chi connectivity index (χ2v) is 4.96. The number of aliphatic carboxylic acids is 1. The number of hydrogen-bond acceptors (Lipinski definition) is 2. The first-order valence-electron chi connectivity index (χ1n) is 6.28. The fraction of sp³-hybridized carbons (Fsp3) is 0.833. The Bertz CT molecular complexity index is 287. The van der Waals surface area contributed by atoms with Gasteiger partial charge in [-0.15, -0.1) is 0 Å². The number of urea groups is 1. The van der Waals surface area contributed by atoms with Gasteiger partial charge in [-0.05, 0) is 26.2 Å². The number of carboxylic acid groups (broad SMARTS) is 1. The highest BCUT2D eigenvalue weighted by Gasteiger charge is 2.50. The molecule has 0 aromatic carbocycles. The normalized spacial score (nSPS) is 18.2. The van der Waals surface area contributed by atoms with Gasteiger partial charge in [-0.2, -0.15) is 0 Å². The monoisotopic (exact) mass is 242 g/mol. The number of unbranched alkanes of at least 4 members (excludes halogenated alkanes) is 1. The average molecular weight is 242 g/mol. The van der Waals surface area contributed by atoms with Crippen LogP contribution in [-0.2, 0) is 4.79 Å². The zero-order chi connectivity index (χ0) is 12.9. The maximum atomic E-state index is 11.5. The Morgan fingerprint density at radius 1 is 1.41 bits per heavy atom. The SMILES string of the molecule is CCCCC(C)NC(=O)NCC1(C(=O)O)CC1.